The quantitative estimate of drug-likeness (QED) is 0.621. The molecule has 0 fully saturated rings. The van der Waals surface area contributed by atoms with Gasteiger partial charge >= 0.3 is 5.97 Å². The van der Waals surface area contributed by atoms with Gasteiger partial charge in [0, 0.05) is 13.0 Å². The fraction of sp³-hybridized carbons (Fsp3) is 0.278. The van der Waals surface area contributed by atoms with E-state index < -0.39 is 11.9 Å². The molecule has 1 aromatic carbocycles. The van der Waals surface area contributed by atoms with Gasteiger partial charge in [-0.05, 0) is 24.6 Å². The lowest BCUT2D eigenvalue weighted by Gasteiger charge is -2.16. The third kappa shape index (κ3) is 4.85. The number of unbranched alkanes of at least 4 members (excludes halogenated alkanes) is 1. The Morgan fingerprint density at radius 1 is 1.19 bits per heavy atom. The number of nitrogens with one attached hydrogen (secondary N) is 2. The predicted octanol–water partition coefficient (Wildman–Crippen LogP) is 3.37. The molecule has 2 aromatic rings. The van der Waals surface area contributed by atoms with Crippen molar-refractivity contribution in [2.45, 2.75) is 26.7 Å². The lowest BCUT2D eigenvalue weighted by Crippen LogP contribution is -2.16. The van der Waals surface area contributed by atoms with Crippen molar-refractivity contribution in [2.24, 2.45) is 0 Å². The molecule has 0 bridgehead atoms. The van der Waals surface area contributed by atoms with Gasteiger partial charge in [0.2, 0.25) is 5.91 Å². The van der Waals surface area contributed by atoms with E-state index in [1.807, 2.05) is 6.92 Å². The summed E-state index contributed by atoms with van der Waals surface area (Å²) in [5.41, 5.74) is 0.237. The first-order valence-corrected chi connectivity index (χ1v) is 8.09. The summed E-state index contributed by atoms with van der Waals surface area (Å²) in [6.45, 7) is 3.63. The zero-order valence-corrected chi connectivity index (χ0v) is 14.5. The predicted molar refractivity (Wildman–Crippen MR) is 94.8 cm³/mol. The van der Waals surface area contributed by atoms with E-state index in [1.54, 1.807) is 6.07 Å². The summed E-state index contributed by atoms with van der Waals surface area (Å²) in [4.78, 5) is 35.2. The summed E-state index contributed by atoms with van der Waals surface area (Å²) < 4.78 is 10.5. The molecule has 0 saturated carbocycles. The van der Waals surface area contributed by atoms with E-state index in [9.17, 15) is 19.5 Å². The van der Waals surface area contributed by atoms with Crippen LogP contribution in [-0.4, -0.2) is 29.5 Å². The van der Waals surface area contributed by atoms with E-state index in [4.69, 9.17) is 9.15 Å². The first-order chi connectivity index (χ1) is 12.4. The Balaban J connectivity index is 2.40. The van der Waals surface area contributed by atoms with E-state index in [-0.39, 0.29) is 34.4 Å². The number of carboxylic acids is 1. The molecule has 8 nitrogen and oxygen atoms in total. The van der Waals surface area contributed by atoms with Crippen molar-refractivity contribution in [1.82, 2.24) is 0 Å². The summed E-state index contributed by atoms with van der Waals surface area (Å²) in [7, 11) is 0. The maximum Gasteiger partial charge on any atom is 0.339 e. The molecule has 8 heteroatoms. The molecule has 3 N–H and O–H groups in total. The zero-order chi connectivity index (χ0) is 19.1. The van der Waals surface area contributed by atoms with Gasteiger partial charge in [-0.15, -0.1) is 0 Å². The van der Waals surface area contributed by atoms with Crippen molar-refractivity contribution in [1.29, 1.82) is 0 Å². The Hall–Kier alpha value is -3.29. The van der Waals surface area contributed by atoms with E-state index in [0.29, 0.717) is 6.61 Å². The van der Waals surface area contributed by atoms with Crippen LogP contribution in [0.2, 0.25) is 0 Å². The second-order valence-electron chi connectivity index (χ2n) is 5.51. The fourth-order valence-electron chi connectivity index (χ4n) is 2.18. The van der Waals surface area contributed by atoms with E-state index >= 15 is 0 Å². The number of carbonyl (C=O) groups is 3. The number of furan rings is 1. The largest absolute Gasteiger partial charge is 0.493 e. The molecule has 0 aliphatic carbocycles. The second kappa shape index (κ2) is 8.70. The highest BCUT2D eigenvalue weighted by Crippen LogP contribution is 2.32. The number of carboxylic acid groups (broad SMARTS) is 1. The van der Waals surface area contributed by atoms with Gasteiger partial charge in [0.05, 0.1) is 24.2 Å². The van der Waals surface area contributed by atoms with Gasteiger partial charge in [0.25, 0.3) is 5.91 Å². The molecule has 0 saturated heterocycles. The molecule has 26 heavy (non-hydrogen) atoms. The first-order valence-electron chi connectivity index (χ1n) is 8.09. The van der Waals surface area contributed by atoms with Gasteiger partial charge in [0.1, 0.15) is 11.3 Å². The van der Waals surface area contributed by atoms with Crippen molar-refractivity contribution < 1.29 is 28.6 Å². The number of rotatable bonds is 8. The SMILES string of the molecule is CCCCOc1cc(NC(C)=O)c(NC(=O)c2ccco2)cc1C(=O)O. The van der Waals surface area contributed by atoms with Crippen molar-refractivity contribution in [3.8, 4) is 5.75 Å². The van der Waals surface area contributed by atoms with Crippen LogP contribution in [0.4, 0.5) is 11.4 Å². The smallest absolute Gasteiger partial charge is 0.339 e. The molecule has 1 heterocycles. The molecule has 0 unspecified atom stereocenters. The number of carbonyl (C=O) groups excluding carboxylic acids is 2. The van der Waals surface area contributed by atoms with Crippen LogP contribution in [-0.2, 0) is 4.79 Å². The molecule has 138 valence electrons. The molecule has 0 atom stereocenters. The molecule has 1 aromatic heterocycles. The highest BCUT2D eigenvalue weighted by atomic mass is 16.5. The van der Waals surface area contributed by atoms with Crippen molar-refractivity contribution >= 4 is 29.2 Å². The van der Waals surface area contributed by atoms with E-state index in [0.717, 1.165) is 12.8 Å². The van der Waals surface area contributed by atoms with Crippen LogP contribution >= 0.6 is 0 Å². The standard InChI is InChI=1S/C18H20N2O6/c1-3-4-7-26-16-10-14(19-11(2)21)13(9-12(16)18(23)24)20-17(22)15-6-5-8-25-15/h5-6,8-10H,3-4,7H2,1-2H3,(H,19,21)(H,20,22)(H,23,24). The number of benzene rings is 1. The zero-order valence-electron chi connectivity index (χ0n) is 14.5. The van der Waals surface area contributed by atoms with Gasteiger partial charge in [-0.3, -0.25) is 9.59 Å². The van der Waals surface area contributed by atoms with Crippen LogP contribution in [0.15, 0.2) is 34.9 Å². The Morgan fingerprint density at radius 3 is 2.50 bits per heavy atom. The minimum atomic E-state index is -1.21. The average molecular weight is 360 g/mol. The van der Waals surface area contributed by atoms with Crippen LogP contribution < -0.4 is 15.4 Å². The van der Waals surface area contributed by atoms with Gasteiger partial charge in [-0.25, -0.2) is 4.79 Å². The third-order valence-electron chi connectivity index (χ3n) is 3.41. The molecule has 0 spiro atoms. The topological polar surface area (TPSA) is 118 Å². The minimum Gasteiger partial charge on any atom is -0.493 e. The second-order valence-corrected chi connectivity index (χ2v) is 5.51. The Bertz CT molecular complexity index is 798. The highest BCUT2D eigenvalue weighted by molar-refractivity contribution is 6.07. The molecule has 0 radical (unpaired) electrons. The first kappa shape index (κ1) is 19.0. The van der Waals surface area contributed by atoms with Crippen LogP contribution in [0.5, 0.6) is 5.75 Å². The molecule has 0 aliphatic heterocycles. The average Bonchev–Trinajstić information content (AvgIpc) is 3.11. The van der Waals surface area contributed by atoms with Crippen LogP contribution in [0, 0.1) is 0 Å². The Morgan fingerprint density at radius 2 is 1.92 bits per heavy atom. The van der Waals surface area contributed by atoms with E-state index in [2.05, 4.69) is 10.6 Å². The van der Waals surface area contributed by atoms with E-state index in [1.165, 1.54) is 31.4 Å². The molecular formula is C18H20N2O6. The van der Waals surface area contributed by atoms with Crippen LogP contribution in [0.25, 0.3) is 0 Å². The summed E-state index contributed by atoms with van der Waals surface area (Å²) >= 11 is 0. The lowest BCUT2D eigenvalue weighted by atomic mass is 10.1. The van der Waals surface area contributed by atoms with Gasteiger partial charge < -0.3 is 24.9 Å². The number of aromatic carboxylic acids is 1. The van der Waals surface area contributed by atoms with Gasteiger partial charge in [-0.2, -0.15) is 0 Å². The Kier molecular flexibility index (Phi) is 6.37. The molecular weight excluding hydrogens is 340 g/mol. The number of anilines is 2. The van der Waals surface area contributed by atoms with Crippen molar-refractivity contribution in [3.63, 3.8) is 0 Å². The van der Waals surface area contributed by atoms with Crippen molar-refractivity contribution in [3.05, 3.63) is 41.9 Å². The Labute approximate surface area is 150 Å². The van der Waals surface area contributed by atoms with Crippen molar-refractivity contribution in [2.75, 3.05) is 17.2 Å². The fourth-order valence-corrected chi connectivity index (χ4v) is 2.18. The van der Waals surface area contributed by atoms with Crippen LogP contribution in [0.1, 0.15) is 47.6 Å². The maximum atomic E-state index is 12.2. The summed E-state index contributed by atoms with van der Waals surface area (Å²) in [5.74, 6) is -1.98. The monoisotopic (exact) mass is 360 g/mol. The molecule has 2 rings (SSSR count). The minimum absolute atomic E-state index is 0.0546. The van der Waals surface area contributed by atoms with Crippen LogP contribution in [0.3, 0.4) is 0 Å². The maximum absolute atomic E-state index is 12.2. The number of hydrogen-bond acceptors (Lipinski definition) is 5. The highest BCUT2D eigenvalue weighted by Gasteiger charge is 2.19. The normalized spacial score (nSPS) is 10.2. The third-order valence-corrected chi connectivity index (χ3v) is 3.41. The number of ether oxygens (including phenoxy) is 1. The van der Waals surface area contributed by atoms with Gasteiger partial charge in [-0.1, -0.05) is 13.3 Å². The van der Waals surface area contributed by atoms with Gasteiger partial charge in [0.15, 0.2) is 5.76 Å². The summed E-state index contributed by atoms with van der Waals surface area (Å²) in [6, 6.07) is 5.65. The molecule has 2 amide bonds. The number of hydrogen-bond donors (Lipinski definition) is 3. The number of amides is 2. The summed E-state index contributed by atoms with van der Waals surface area (Å²) in [6.07, 6.45) is 2.99. The lowest BCUT2D eigenvalue weighted by molar-refractivity contribution is -0.114. The molecule has 0 aliphatic rings. The summed E-state index contributed by atoms with van der Waals surface area (Å²) in [5, 5.41) is 14.5.